The lowest BCUT2D eigenvalue weighted by Crippen LogP contribution is -2.55. The van der Waals surface area contributed by atoms with Crippen molar-refractivity contribution >= 4 is 57.2 Å². The first-order valence-electron chi connectivity index (χ1n) is 20.7. The van der Waals surface area contributed by atoms with Gasteiger partial charge in [-0.2, -0.15) is 0 Å². The van der Waals surface area contributed by atoms with E-state index in [9.17, 15) is 24.0 Å². The zero-order chi connectivity index (χ0) is 42.7. The molecule has 0 saturated carbocycles. The normalized spacial score (nSPS) is 20.0. The number of alkyl carbamates (subject to hydrolysis) is 2. The fraction of sp³-hybridized carbons (Fsp3) is 0.477. The third-order valence-corrected chi connectivity index (χ3v) is 12.2. The van der Waals surface area contributed by atoms with Crippen molar-refractivity contribution in [3.05, 3.63) is 70.4 Å². The van der Waals surface area contributed by atoms with Gasteiger partial charge in [0.2, 0.25) is 17.2 Å². The number of benzene rings is 2. The van der Waals surface area contributed by atoms with Crippen molar-refractivity contribution in [1.82, 2.24) is 30.4 Å². The molecular weight excluding hydrogens is 771 g/mol. The second kappa shape index (κ2) is 18.1. The third kappa shape index (κ3) is 8.37. The highest BCUT2D eigenvalue weighted by Crippen LogP contribution is 2.33. The molecule has 5 heterocycles. The van der Waals surface area contributed by atoms with E-state index in [0.29, 0.717) is 78.0 Å². The Labute approximate surface area is 347 Å². The summed E-state index contributed by atoms with van der Waals surface area (Å²) < 4.78 is 21.7. The summed E-state index contributed by atoms with van der Waals surface area (Å²) >= 11 is 0. The smallest absolute Gasteiger partial charge is 0.407 e. The largest absolute Gasteiger partial charge is 0.456 e. The first-order chi connectivity index (χ1) is 29.0. The van der Waals surface area contributed by atoms with Crippen LogP contribution >= 0.6 is 0 Å². The van der Waals surface area contributed by atoms with E-state index in [1.807, 2.05) is 57.0 Å². The molecule has 2 aromatic carbocycles. The first kappa shape index (κ1) is 42.1. The number of methoxy groups -OCH3 is 2. The monoisotopic (exact) mass is 823 g/mol. The summed E-state index contributed by atoms with van der Waals surface area (Å²) in [6.07, 6.45) is 5.71. The molecule has 0 unspecified atom stereocenters. The first-order valence-corrected chi connectivity index (χ1v) is 20.7. The number of hydrogen-bond acceptors (Lipinski definition) is 11. The quantitative estimate of drug-likeness (QED) is 0.144. The molecule has 0 spiro atoms. The van der Waals surface area contributed by atoms with Crippen molar-refractivity contribution in [2.24, 2.45) is 16.8 Å². The molecule has 16 heteroatoms. The van der Waals surface area contributed by atoms with Gasteiger partial charge in [0, 0.05) is 37.0 Å². The molecule has 0 bridgehead atoms. The van der Waals surface area contributed by atoms with Crippen LogP contribution in [0.1, 0.15) is 77.2 Å². The average molecular weight is 824 g/mol. The summed E-state index contributed by atoms with van der Waals surface area (Å²) in [6, 6.07) is 8.71. The number of hydrogen-bond donors (Lipinski definition) is 3. The van der Waals surface area contributed by atoms with Crippen molar-refractivity contribution in [2.75, 3.05) is 40.5 Å². The van der Waals surface area contributed by atoms with Gasteiger partial charge in [-0.1, -0.05) is 46.6 Å². The van der Waals surface area contributed by atoms with Crippen molar-refractivity contribution in [2.45, 2.75) is 84.0 Å². The lowest BCUT2D eigenvalue weighted by Gasteiger charge is -2.37. The zero-order valence-electron chi connectivity index (χ0n) is 34.9. The predicted octanol–water partition coefficient (Wildman–Crippen LogP) is 5.95. The van der Waals surface area contributed by atoms with E-state index in [2.05, 4.69) is 20.6 Å². The van der Waals surface area contributed by atoms with E-state index in [-0.39, 0.29) is 41.7 Å². The number of aliphatic imine (C=N–C) groups is 1. The molecule has 6 atom stereocenters. The van der Waals surface area contributed by atoms with Gasteiger partial charge in [0.05, 0.1) is 56.1 Å². The minimum Gasteiger partial charge on any atom is -0.456 e. The lowest BCUT2D eigenvalue weighted by atomic mass is 9.95. The Morgan fingerprint density at radius 1 is 0.867 bits per heavy atom. The molecule has 3 aliphatic heterocycles. The molecule has 60 heavy (non-hydrogen) atoms. The second-order valence-corrected chi connectivity index (χ2v) is 15.8. The summed E-state index contributed by atoms with van der Waals surface area (Å²) in [4.78, 5) is 82.1. The van der Waals surface area contributed by atoms with Crippen molar-refractivity contribution in [1.29, 1.82) is 0 Å². The van der Waals surface area contributed by atoms with E-state index < -0.39 is 30.3 Å². The predicted molar refractivity (Wildman–Crippen MR) is 225 cm³/mol. The molecule has 2 saturated heterocycles. The highest BCUT2D eigenvalue weighted by molar-refractivity contribution is 6.04. The van der Waals surface area contributed by atoms with Crippen molar-refractivity contribution < 1.29 is 37.8 Å². The van der Waals surface area contributed by atoms with E-state index in [1.54, 1.807) is 29.3 Å². The number of carbonyl (C=O) groups is 4. The molecule has 2 fully saturated rings. The Bertz CT molecular complexity index is 2400. The fourth-order valence-corrected chi connectivity index (χ4v) is 8.27. The molecule has 0 radical (unpaired) electrons. The summed E-state index contributed by atoms with van der Waals surface area (Å²) in [7, 11) is 2.55. The van der Waals surface area contributed by atoms with Crippen molar-refractivity contribution in [3.63, 3.8) is 0 Å². The van der Waals surface area contributed by atoms with Gasteiger partial charge in [-0.3, -0.25) is 19.4 Å². The SMILES string of the molecule is CC[C@H](C)[C@H](NC(=O)OC)C(=O)N1CCC[C@H]1C1=NC=C(c2ccc3c(=O)c4cc(-c5cnc([C@@H]6COCCN6C(=O)[C@@H](NC(=O)OC)[C@@H](C)CC)[nH]5)ccc4oc3c2)C1. The van der Waals surface area contributed by atoms with Gasteiger partial charge in [-0.15, -0.1) is 0 Å². The van der Waals surface area contributed by atoms with Crippen LogP contribution in [0, 0.1) is 11.8 Å². The number of imidazole rings is 1. The van der Waals surface area contributed by atoms with Gasteiger partial charge in [0.1, 0.15) is 35.1 Å². The molecule has 2 aromatic heterocycles. The minimum atomic E-state index is -0.782. The summed E-state index contributed by atoms with van der Waals surface area (Å²) in [5, 5.41) is 6.28. The average Bonchev–Trinajstić information content (AvgIpc) is 4.08. The number of allylic oxidation sites excluding steroid dienone is 1. The van der Waals surface area contributed by atoms with Crippen LogP contribution in [0.15, 0.2) is 63.0 Å². The van der Waals surface area contributed by atoms with Crippen molar-refractivity contribution in [3.8, 4) is 11.3 Å². The maximum Gasteiger partial charge on any atom is 0.407 e. The number of morpholine rings is 1. The van der Waals surface area contributed by atoms with Gasteiger partial charge < -0.3 is 44.0 Å². The number of fused-ring (bicyclic) bond motifs is 2. The molecule has 7 rings (SSSR count). The van der Waals surface area contributed by atoms with Crippen LogP contribution in [-0.4, -0.2) is 108 Å². The van der Waals surface area contributed by atoms with Crippen LogP contribution in [0.3, 0.4) is 0 Å². The van der Waals surface area contributed by atoms with E-state index in [0.717, 1.165) is 29.7 Å². The van der Waals surface area contributed by atoms with Gasteiger partial charge in [-0.05, 0) is 66.1 Å². The minimum absolute atomic E-state index is 0.0789. The molecule has 4 amide bonds. The Kier molecular flexibility index (Phi) is 12.7. The van der Waals surface area contributed by atoms with Crippen LogP contribution in [0.5, 0.6) is 0 Å². The van der Waals surface area contributed by atoms with Crippen LogP contribution in [0.2, 0.25) is 0 Å². The summed E-state index contributed by atoms with van der Waals surface area (Å²) in [5.41, 5.74) is 4.73. The van der Waals surface area contributed by atoms with Gasteiger partial charge in [0.25, 0.3) is 0 Å². The molecule has 16 nitrogen and oxygen atoms in total. The zero-order valence-corrected chi connectivity index (χ0v) is 34.9. The number of nitrogens with one attached hydrogen (secondary N) is 3. The Hall–Kier alpha value is -6.03. The third-order valence-electron chi connectivity index (χ3n) is 12.2. The number of ether oxygens (including phenoxy) is 3. The number of aromatic nitrogens is 2. The maximum absolute atomic E-state index is 14.0. The van der Waals surface area contributed by atoms with E-state index in [4.69, 9.17) is 23.6 Å². The molecule has 3 aliphatic rings. The molecular formula is C44H53N7O9. The van der Waals surface area contributed by atoms with Crippen LogP contribution < -0.4 is 16.1 Å². The van der Waals surface area contributed by atoms with E-state index in [1.165, 1.54) is 14.2 Å². The highest BCUT2D eigenvalue weighted by atomic mass is 16.5. The number of aromatic amines is 1. The number of amides is 4. The van der Waals surface area contributed by atoms with Crippen LogP contribution in [-0.2, 0) is 23.8 Å². The van der Waals surface area contributed by atoms with Gasteiger partial charge in [0.15, 0.2) is 0 Å². The molecule has 318 valence electrons. The number of likely N-dealkylation sites (tertiary alicyclic amines) is 1. The molecule has 4 aromatic rings. The lowest BCUT2D eigenvalue weighted by molar-refractivity contribution is -0.144. The van der Waals surface area contributed by atoms with Crippen LogP contribution in [0.25, 0.3) is 38.8 Å². The standard InChI is InChI=1S/C44H53N7O9/c1-7-24(3)37(48-43(55)57-5)41(53)50-15-9-10-33(50)31-19-28(21-45-31)26-11-13-29-36(20-26)60-35-14-12-27(18-30(35)39(29)52)32-22-46-40(47-32)34-23-59-17-16-51(34)42(54)38(25(4)8-2)49-44(56)58-6/h11-14,18,20-22,24-25,33-34,37-38H,7-10,15-17,19,23H2,1-6H3,(H,46,47)(H,48,55)(H,49,56)/t24-,25-,33-,34-,37-,38-/m0/s1. The second-order valence-electron chi connectivity index (χ2n) is 15.8. The number of H-pyrrole nitrogens is 1. The Morgan fingerprint density at radius 3 is 2.20 bits per heavy atom. The number of rotatable bonds is 12. The summed E-state index contributed by atoms with van der Waals surface area (Å²) in [6.45, 7) is 9.26. The number of nitrogens with zero attached hydrogens (tertiary/aromatic N) is 4. The van der Waals surface area contributed by atoms with Gasteiger partial charge >= 0.3 is 12.2 Å². The van der Waals surface area contributed by atoms with E-state index >= 15 is 0 Å². The Morgan fingerprint density at radius 2 is 1.53 bits per heavy atom. The van der Waals surface area contributed by atoms with Gasteiger partial charge in [-0.25, -0.2) is 14.6 Å². The number of carbonyl (C=O) groups excluding carboxylic acids is 4. The fourth-order valence-electron chi connectivity index (χ4n) is 8.27. The molecule has 0 aliphatic carbocycles. The topological polar surface area (TPSA) is 198 Å². The highest BCUT2D eigenvalue weighted by Gasteiger charge is 2.40. The maximum atomic E-state index is 14.0. The Balaban J connectivity index is 1.08. The van der Waals surface area contributed by atoms with Crippen LogP contribution in [0.4, 0.5) is 9.59 Å². The summed E-state index contributed by atoms with van der Waals surface area (Å²) in [5.74, 6) is -0.0815. The molecule has 3 N–H and O–H groups in total.